The van der Waals surface area contributed by atoms with Gasteiger partial charge in [-0.2, -0.15) is 0 Å². The fourth-order valence-electron chi connectivity index (χ4n) is 2.06. The fraction of sp³-hybridized carbons (Fsp3) is 0. The van der Waals surface area contributed by atoms with Crippen LogP contribution in [0.2, 0.25) is 0 Å². The second-order valence-electron chi connectivity index (χ2n) is 4.63. The van der Waals surface area contributed by atoms with Gasteiger partial charge in [-0.05, 0) is 36.4 Å². The molecule has 0 unspecified atom stereocenters. The molecule has 3 rings (SSSR count). The third-order valence-electron chi connectivity index (χ3n) is 3.01. The molecule has 0 fully saturated rings. The lowest BCUT2D eigenvalue weighted by molar-refractivity contribution is 0.475. The van der Waals surface area contributed by atoms with Crippen LogP contribution in [0, 0.1) is 0 Å². The Morgan fingerprint density at radius 2 is 1.48 bits per heavy atom. The first-order chi connectivity index (χ1) is 10.2. The molecule has 0 bridgehead atoms. The summed E-state index contributed by atoms with van der Waals surface area (Å²) in [5.74, 6) is 1.08. The normalized spacial score (nSPS) is 10.3. The molecule has 0 radical (unpaired) electrons. The lowest BCUT2D eigenvalue weighted by atomic mass is 10.1. The summed E-state index contributed by atoms with van der Waals surface area (Å²) in [6.45, 7) is 0. The van der Waals surface area contributed by atoms with Crippen LogP contribution in [0.4, 0.5) is 11.5 Å². The Kier molecular flexibility index (Phi) is 3.43. The number of phenolic OH excluding ortho intramolecular Hbond substituents is 2. The molecule has 0 aliphatic carbocycles. The second kappa shape index (κ2) is 5.54. The summed E-state index contributed by atoms with van der Waals surface area (Å²) in [5.41, 5.74) is 2.36. The summed E-state index contributed by atoms with van der Waals surface area (Å²) in [4.78, 5) is 4.51. The van der Waals surface area contributed by atoms with E-state index in [0.717, 1.165) is 16.9 Å². The Labute approximate surface area is 122 Å². The zero-order chi connectivity index (χ0) is 14.7. The van der Waals surface area contributed by atoms with Gasteiger partial charge in [0.2, 0.25) is 0 Å². The van der Waals surface area contributed by atoms with Crippen molar-refractivity contribution >= 4 is 11.5 Å². The smallest absolute Gasteiger partial charge is 0.131 e. The predicted octanol–water partition coefficient (Wildman–Crippen LogP) is 3.90. The van der Waals surface area contributed by atoms with Crippen LogP contribution in [0.3, 0.4) is 0 Å². The van der Waals surface area contributed by atoms with Crippen LogP contribution in [-0.2, 0) is 0 Å². The lowest BCUT2D eigenvalue weighted by Gasteiger charge is -2.08. The molecule has 2 aromatic carbocycles. The van der Waals surface area contributed by atoms with E-state index in [-0.39, 0.29) is 11.5 Å². The predicted molar refractivity (Wildman–Crippen MR) is 82.7 cm³/mol. The molecule has 21 heavy (non-hydrogen) atoms. The molecule has 3 N–H and O–H groups in total. The highest BCUT2D eigenvalue weighted by atomic mass is 16.3. The van der Waals surface area contributed by atoms with Crippen molar-refractivity contribution in [2.45, 2.75) is 0 Å². The van der Waals surface area contributed by atoms with Crippen molar-refractivity contribution in [2.24, 2.45) is 0 Å². The molecule has 1 heterocycles. The highest BCUT2D eigenvalue weighted by Crippen LogP contribution is 2.24. The number of rotatable bonds is 3. The topological polar surface area (TPSA) is 65.4 Å². The van der Waals surface area contributed by atoms with Gasteiger partial charge in [0.15, 0.2) is 0 Å². The summed E-state index contributed by atoms with van der Waals surface area (Å²) in [7, 11) is 0. The molecular weight excluding hydrogens is 264 g/mol. The van der Waals surface area contributed by atoms with Gasteiger partial charge in [0, 0.05) is 17.3 Å². The van der Waals surface area contributed by atoms with Gasteiger partial charge in [-0.1, -0.05) is 24.3 Å². The van der Waals surface area contributed by atoms with Gasteiger partial charge in [-0.25, -0.2) is 4.98 Å². The van der Waals surface area contributed by atoms with E-state index in [2.05, 4.69) is 10.3 Å². The van der Waals surface area contributed by atoms with Crippen molar-refractivity contribution in [3.63, 3.8) is 0 Å². The van der Waals surface area contributed by atoms with Crippen molar-refractivity contribution < 1.29 is 10.2 Å². The number of phenols is 2. The minimum atomic E-state index is 0.198. The van der Waals surface area contributed by atoms with Crippen LogP contribution in [-0.4, -0.2) is 15.2 Å². The van der Waals surface area contributed by atoms with Crippen molar-refractivity contribution in [3.05, 3.63) is 66.7 Å². The quantitative estimate of drug-likeness (QED) is 0.679. The molecule has 0 amide bonds. The number of nitrogens with zero attached hydrogens (tertiary/aromatic N) is 1. The number of pyridine rings is 1. The molecule has 0 saturated heterocycles. The zero-order valence-electron chi connectivity index (χ0n) is 11.2. The second-order valence-corrected chi connectivity index (χ2v) is 4.63. The SMILES string of the molecule is Oc1cccc(Nc2cccc(-c3cccc(O)c3)n2)c1. The maximum absolute atomic E-state index is 9.54. The van der Waals surface area contributed by atoms with Crippen LogP contribution >= 0.6 is 0 Å². The minimum Gasteiger partial charge on any atom is -0.508 e. The molecule has 0 aliphatic rings. The van der Waals surface area contributed by atoms with E-state index in [4.69, 9.17) is 0 Å². The van der Waals surface area contributed by atoms with Gasteiger partial charge in [0.05, 0.1) is 5.69 Å². The monoisotopic (exact) mass is 278 g/mol. The molecular formula is C17H14N2O2. The third kappa shape index (κ3) is 3.12. The first kappa shape index (κ1) is 13.0. The van der Waals surface area contributed by atoms with E-state index in [1.165, 1.54) is 0 Å². The highest BCUT2D eigenvalue weighted by molar-refractivity contribution is 5.65. The van der Waals surface area contributed by atoms with Gasteiger partial charge >= 0.3 is 0 Å². The maximum atomic E-state index is 9.54. The Morgan fingerprint density at radius 3 is 2.24 bits per heavy atom. The van der Waals surface area contributed by atoms with Gasteiger partial charge in [-0.15, -0.1) is 0 Å². The molecule has 104 valence electrons. The standard InChI is InChI=1S/C17H14N2O2/c20-14-6-1-4-12(10-14)16-8-3-9-17(19-16)18-13-5-2-7-15(21)11-13/h1-11,20-21H,(H,18,19). The van der Waals surface area contributed by atoms with E-state index >= 15 is 0 Å². The molecule has 0 atom stereocenters. The van der Waals surface area contributed by atoms with E-state index in [9.17, 15) is 10.2 Å². The number of anilines is 2. The van der Waals surface area contributed by atoms with Gasteiger partial charge in [0.25, 0.3) is 0 Å². The first-order valence-electron chi connectivity index (χ1n) is 6.53. The van der Waals surface area contributed by atoms with Gasteiger partial charge in [0.1, 0.15) is 17.3 Å². The summed E-state index contributed by atoms with van der Waals surface area (Å²) < 4.78 is 0. The first-order valence-corrected chi connectivity index (χ1v) is 6.53. The van der Waals surface area contributed by atoms with Crippen LogP contribution in [0.1, 0.15) is 0 Å². The van der Waals surface area contributed by atoms with Crippen LogP contribution < -0.4 is 5.32 Å². The largest absolute Gasteiger partial charge is 0.508 e. The number of benzene rings is 2. The minimum absolute atomic E-state index is 0.198. The Morgan fingerprint density at radius 1 is 0.762 bits per heavy atom. The van der Waals surface area contributed by atoms with Crippen molar-refractivity contribution in [2.75, 3.05) is 5.32 Å². The third-order valence-corrected chi connectivity index (χ3v) is 3.01. The molecule has 4 heteroatoms. The number of hydrogen-bond acceptors (Lipinski definition) is 4. The Balaban J connectivity index is 1.90. The molecule has 3 aromatic rings. The fourth-order valence-corrected chi connectivity index (χ4v) is 2.06. The van der Waals surface area contributed by atoms with Crippen molar-refractivity contribution in [1.29, 1.82) is 0 Å². The average Bonchev–Trinajstić information content (AvgIpc) is 2.47. The van der Waals surface area contributed by atoms with Crippen LogP contribution in [0.25, 0.3) is 11.3 Å². The van der Waals surface area contributed by atoms with Crippen LogP contribution in [0.15, 0.2) is 66.7 Å². The zero-order valence-corrected chi connectivity index (χ0v) is 11.2. The van der Waals surface area contributed by atoms with Crippen molar-refractivity contribution in [1.82, 2.24) is 4.98 Å². The Hall–Kier alpha value is -3.01. The molecule has 0 spiro atoms. The highest BCUT2D eigenvalue weighted by Gasteiger charge is 2.03. The van der Waals surface area contributed by atoms with Crippen LogP contribution in [0.5, 0.6) is 11.5 Å². The lowest BCUT2D eigenvalue weighted by Crippen LogP contribution is -1.94. The van der Waals surface area contributed by atoms with Gasteiger partial charge < -0.3 is 15.5 Å². The molecule has 4 nitrogen and oxygen atoms in total. The van der Waals surface area contributed by atoms with E-state index in [1.807, 2.05) is 30.3 Å². The maximum Gasteiger partial charge on any atom is 0.131 e. The number of aromatic nitrogens is 1. The number of nitrogens with one attached hydrogen (secondary N) is 1. The van der Waals surface area contributed by atoms with E-state index in [0.29, 0.717) is 5.82 Å². The summed E-state index contributed by atoms with van der Waals surface area (Å²) >= 11 is 0. The van der Waals surface area contributed by atoms with E-state index in [1.54, 1.807) is 36.4 Å². The van der Waals surface area contributed by atoms with Gasteiger partial charge in [-0.3, -0.25) is 0 Å². The van der Waals surface area contributed by atoms with Crippen molar-refractivity contribution in [3.8, 4) is 22.8 Å². The summed E-state index contributed by atoms with van der Waals surface area (Å²) in [5, 5.41) is 22.1. The Bertz CT molecular complexity index is 772. The molecule has 1 aromatic heterocycles. The molecule has 0 aliphatic heterocycles. The number of hydrogen-bond donors (Lipinski definition) is 3. The summed E-state index contributed by atoms with van der Waals surface area (Å²) in [6.07, 6.45) is 0. The van der Waals surface area contributed by atoms with E-state index < -0.39 is 0 Å². The average molecular weight is 278 g/mol. The molecule has 0 saturated carbocycles. The number of aromatic hydroxyl groups is 2. The summed E-state index contributed by atoms with van der Waals surface area (Å²) in [6, 6.07) is 19.4.